The molecular formula is C25H26FN3O4S. The molecule has 9 heteroatoms. The fourth-order valence-corrected chi connectivity index (χ4v) is 5.08. The standard InChI is InChI=1S/C25H26FN3O4S/c1-28(2)25(32)23(30)18-14-34-20-13-19(33-3)22(27-21(18)20)24(31)29-10-8-16(9-11-29)12-15-4-6-17(26)7-5-15/h4-7,13-14,16H,8-12H2,1-3H3. The third kappa shape index (κ3) is 4.79. The number of thiophene rings is 1. The van der Waals surface area contributed by atoms with Crippen LogP contribution in [0.15, 0.2) is 35.7 Å². The van der Waals surface area contributed by atoms with Crippen LogP contribution >= 0.6 is 11.3 Å². The Balaban J connectivity index is 1.52. The third-order valence-corrected chi connectivity index (χ3v) is 7.04. The first-order chi connectivity index (χ1) is 16.3. The van der Waals surface area contributed by atoms with E-state index in [9.17, 15) is 18.8 Å². The van der Waals surface area contributed by atoms with Gasteiger partial charge < -0.3 is 14.5 Å². The number of hydrogen-bond acceptors (Lipinski definition) is 6. The van der Waals surface area contributed by atoms with Crippen LogP contribution < -0.4 is 4.74 Å². The van der Waals surface area contributed by atoms with Crippen LogP contribution in [0, 0.1) is 11.7 Å². The maximum Gasteiger partial charge on any atom is 0.294 e. The maximum absolute atomic E-state index is 13.4. The fourth-order valence-electron chi connectivity index (χ4n) is 4.17. The lowest BCUT2D eigenvalue weighted by molar-refractivity contribution is -0.124. The average Bonchev–Trinajstić information content (AvgIpc) is 3.26. The van der Waals surface area contributed by atoms with Crippen molar-refractivity contribution in [1.82, 2.24) is 14.8 Å². The molecule has 0 bridgehead atoms. The highest BCUT2D eigenvalue weighted by molar-refractivity contribution is 7.17. The van der Waals surface area contributed by atoms with E-state index in [1.807, 2.05) is 0 Å². The number of pyridine rings is 1. The van der Waals surface area contributed by atoms with Crippen molar-refractivity contribution in [3.63, 3.8) is 0 Å². The van der Waals surface area contributed by atoms with Gasteiger partial charge in [0, 0.05) is 38.6 Å². The highest BCUT2D eigenvalue weighted by atomic mass is 32.1. The highest BCUT2D eigenvalue weighted by Gasteiger charge is 2.29. The number of benzene rings is 1. The normalized spacial score (nSPS) is 14.3. The predicted octanol–water partition coefficient (Wildman–Crippen LogP) is 3.81. The zero-order valence-corrected chi connectivity index (χ0v) is 20.2. The lowest BCUT2D eigenvalue weighted by Crippen LogP contribution is -2.39. The van der Waals surface area contributed by atoms with Crippen molar-refractivity contribution in [3.8, 4) is 5.75 Å². The van der Waals surface area contributed by atoms with E-state index in [0.717, 1.165) is 24.8 Å². The van der Waals surface area contributed by atoms with Crippen LogP contribution in [0.2, 0.25) is 0 Å². The minimum atomic E-state index is -0.658. The molecule has 0 atom stereocenters. The minimum absolute atomic E-state index is 0.136. The SMILES string of the molecule is COc1cc2scc(C(=O)C(=O)N(C)C)c2nc1C(=O)N1CCC(Cc2ccc(F)cc2)CC1. The Morgan fingerprint density at radius 3 is 2.47 bits per heavy atom. The number of hydrogen-bond donors (Lipinski definition) is 0. The fraction of sp³-hybridized carbons (Fsp3) is 0.360. The number of aromatic nitrogens is 1. The first kappa shape index (κ1) is 23.8. The van der Waals surface area contributed by atoms with Crippen LogP contribution in [0.4, 0.5) is 4.39 Å². The Morgan fingerprint density at radius 1 is 1.18 bits per heavy atom. The second kappa shape index (κ2) is 9.89. The number of ether oxygens (including phenoxy) is 1. The number of Topliss-reactive ketones (excluding diaryl/α,β-unsaturated/α-hetero) is 1. The second-order valence-corrected chi connectivity index (χ2v) is 9.54. The van der Waals surface area contributed by atoms with Crippen molar-refractivity contribution < 1.29 is 23.5 Å². The van der Waals surface area contributed by atoms with Gasteiger partial charge in [0.1, 0.15) is 5.82 Å². The molecule has 0 spiro atoms. The highest BCUT2D eigenvalue weighted by Crippen LogP contribution is 2.32. The molecule has 4 rings (SSSR count). The van der Waals surface area contributed by atoms with E-state index in [0.29, 0.717) is 35.0 Å². The van der Waals surface area contributed by atoms with Crippen LogP contribution in [0.25, 0.3) is 10.2 Å². The minimum Gasteiger partial charge on any atom is -0.494 e. The van der Waals surface area contributed by atoms with E-state index in [4.69, 9.17) is 4.74 Å². The van der Waals surface area contributed by atoms with Crippen LogP contribution in [0.5, 0.6) is 5.75 Å². The van der Waals surface area contributed by atoms with Gasteiger partial charge in [0.2, 0.25) is 0 Å². The second-order valence-electron chi connectivity index (χ2n) is 8.63. The van der Waals surface area contributed by atoms with Crippen molar-refractivity contribution in [2.75, 3.05) is 34.3 Å². The lowest BCUT2D eigenvalue weighted by Gasteiger charge is -2.32. The third-order valence-electron chi connectivity index (χ3n) is 6.12. The number of fused-ring (bicyclic) bond motifs is 1. The number of piperidine rings is 1. The van der Waals surface area contributed by atoms with Gasteiger partial charge in [-0.05, 0) is 42.9 Å². The van der Waals surface area contributed by atoms with Gasteiger partial charge in [-0.1, -0.05) is 12.1 Å². The molecule has 7 nitrogen and oxygen atoms in total. The number of rotatable bonds is 6. The number of methoxy groups -OCH3 is 1. The van der Waals surface area contributed by atoms with E-state index in [-0.39, 0.29) is 23.0 Å². The molecule has 0 N–H and O–H groups in total. The first-order valence-electron chi connectivity index (χ1n) is 11.0. The number of likely N-dealkylation sites (tertiary alicyclic amines) is 1. The zero-order chi connectivity index (χ0) is 24.4. The summed E-state index contributed by atoms with van der Waals surface area (Å²) in [6.07, 6.45) is 2.50. The topological polar surface area (TPSA) is 79.8 Å². The molecule has 2 aromatic heterocycles. The summed E-state index contributed by atoms with van der Waals surface area (Å²) in [6, 6.07) is 8.24. The Labute approximate surface area is 201 Å². The van der Waals surface area contributed by atoms with Gasteiger partial charge in [0.25, 0.3) is 17.6 Å². The molecule has 2 amide bonds. The Hall–Kier alpha value is -3.33. The van der Waals surface area contributed by atoms with Crippen LogP contribution in [-0.4, -0.2) is 66.7 Å². The van der Waals surface area contributed by atoms with Gasteiger partial charge in [-0.3, -0.25) is 14.4 Å². The molecule has 178 valence electrons. The van der Waals surface area contributed by atoms with Gasteiger partial charge in [0.05, 0.1) is 22.9 Å². The number of nitrogens with zero attached hydrogens (tertiary/aromatic N) is 3. The summed E-state index contributed by atoms with van der Waals surface area (Å²) in [5.41, 5.74) is 1.74. The molecule has 0 radical (unpaired) electrons. The summed E-state index contributed by atoms with van der Waals surface area (Å²) in [7, 11) is 4.50. The van der Waals surface area contributed by atoms with Crippen molar-refractivity contribution >= 4 is 39.2 Å². The van der Waals surface area contributed by atoms with Gasteiger partial charge in [-0.15, -0.1) is 11.3 Å². The quantitative estimate of drug-likeness (QED) is 0.394. The van der Waals surface area contributed by atoms with Gasteiger partial charge in [0.15, 0.2) is 11.4 Å². The molecule has 1 saturated heterocycles. The van der Waals surface area contributed by atoms with Crippen LogP contribution in [0.1, 0.15) is 39.3 Å². The predicted molar refractivity (Wildman–Crippen MR) is 128 cm³/mol. The summed E-state index contributed by atoms with van der Waals surface area (Å²) in [6.45, 7) is 1.14. The van der Waals surface area contributed by atoms with E-state index in [1.165, 1.54) is 49.6 Å². The Morgan fingerprint density at radius 2 is 1.85 bits per heavy atom. The number of likely N-dealkylation sites (N-methyl/N-ethyl adjacent to an activating group) is 1. The number of ketones is 1. The van der Waals surface area contributed by atoms with E-state index < -0.39 is 11.7 Å². The van der Waals surface area contributed by atoms with Gasteiger partial charge >= 0.3 is 0 Å². The largest absolute Gasteiger partial charge is 0.494 e. The maximum atomic E-state index is 13.4. The van der Waals surface area contributed by atoms with Crippen molar-refractivity contribution in [3.05, 3.63) is 58.3 Å². The average molecular weight is 484 g/mol. The molecule has 0 aliphatic carbocycles. The summed E-state index contributed by atoms with van der Waals surface area (Å²) in [5, 5.41) is 1.59. The molecule has 34 heavy (non-hydrogen) atoms. The zero-order valence-electron chi connectivity index (χ0n) is 19.3. The molecule has 1 aromatic carbocycles. The van der Waals surface area contributed by atoms with E-state index in [1.54, 1.807) is 28.5 Å². The molecule has 0 saturated carbocycles. The van der Waals surface area contributed by atoms with E-state index in [2.05, 4.69) is 4.98 Å². The molecule has 0 unspecified atom stereocenters. The van der Waals surface area contributed by atoms with Crippen molar-refractivity contribution in [2.45, 2.75) is 19.3 Å². The number of carbonyl (C=O) groups is 3. The van der Waals surface area contributed by atoms with Gasteiger partial charge in [-0.25, -0.2) is 9.37 Å². The molecule has 3 heterocycles. The first-order valence-corrected chi connectivity index (χ1v) is 11.9. The summed E-state index contributed by atoms with van der Waals surface area (Å²) >= 11 is 1.28. The van der Waals surface area contributed by atoms with Crippen LogP contribution in [0.3, 0.4) is 0 Å². The number of halogens is 1. The lowest BCUT2D eigenvalue weighted by atomic mass is 9.90. The molecular weight excluding hydrogens is 457 g/mol. The summed E-state index contributed by atoms with van der Waals surface area (Å²) in [5.74, 6) is -1.07. The molecule has 1 aliphatic rings. The smallest absolute Gasteiger partial charge is 0.294 e. The van der Waals surface area contributed by atoms with Crippen LogP contribution in [-0.2, 0) is 11.2 Å². The summed E-state index contributed by atoms with van der Waals surface area (Å²) < 4.78 is 19.3. The van der Waals surface area contributed by atoms with Crippen molar-refractivity contribution in [2.24, 2.45) is 5.92 Å². The molecule has 1 aliphatic heterocycles. The molecule has 3 aromatic rings. The number of amides is 2. The Kier molecular flexibility index (Phi) is 6.92. The number of carbonyl (C=O) groups excluding carboxylic acids is 3. The Bertz CT molecular complexity index is 1230. The van der Waals surface area contributed by atoms with E-state index >= 15 is 0 Å². The monoisotopic (exact) mass is 483 g/mol. The van der Waals surface area contributed by atoms with Gasteiger partial charge in [-0.2, -0.15) is 0 Å². The van der Waals surface area contributed by atoms with Crippen molar-refractivity contribution in [1.29, 1.82) is 0 Å². The molecule has 1 fully saturated rings. The summed E-state index contributed by atoms with van der Waals surface area (Å²) in [4.78, 5) is 45.6.